The molecule has 26 heavy (non-hydrogen) atoms. The van der Waals surface area contributed by atoms with E-state index in [9.17, 15) is 4.79 Å². The number of ether oxygens (including phenoxy) is 2. The highest BCUT2D eigenvalue weighted by molar-refractivity contribution is 5.81. The monoisotopic (exact) mass is 350 g/mol. The van der Waals surface area contributed by atoms with Crippen molar-refractivity contribution in [1.82, 2.24) is 20.1 Å². The maximum Gasteiger partial charge on any atom is 0.264 e. The Kier molecular flexibility index (Phi) is 4.27. The molecule has 4 rings (SSSR count). The SMILES string of the molecule is Cn1cc(-c2cncc(CNC(=O)C3COc4ccccc4O3)c2)cn1. The summed E-state index contributed by atoms with van der Waals surface area (Å²) in [7, 11) is 1.87. The quantitative estimate of drug-likeness (QED) is 0.778. The van der Waals surface area contributed by atoms with Gasteiger partial charge in [-0.15, -0.1) is 0 Å². The van der Waals surface area contributed by atoms with Crippen LogP contribution in [0.3, 0.4) is 0 Å². The van der Waals surface area contributed by atoms with Gasteiger partial charge in [-0.2, -0.15) is 5.10 Å². The fourth-order valence-electron chi connectivity index (χ4n) is 2.76. The molecule has 3 heterocycles. The van der Waals surface area contributed by atoms with Crippen molar-refractivity contribution in [3.63, 3.8) is 0 Å². The number of hydrogen-bond donors (Lipinski definition) is 1. The number of para-hydroxylation sites is 2. The summed E-state index contributed by atoms with van der Waals surface area (Å²) in [5.41, 5.74) is 2.83. The number of amides is 1. The highest BCUT2D eigenvalue weighted by Crippen LogP contribution is 2.30. The van der Waals surface area contributed by atoms with E-state index in [1.807, 2.05) is 37.5 Å². The van der Waals surface area contributed by atoms with Crippen molar-refractivity contribution < 1.29 is 14.3 Å². The first-order valence-corrected chi connectivity index (χ1v) is 8.28. The molecule has 0 radical (unpaired) electrons. The zero-order valence-corrected chi connectivity index (χ0v) is 14.3. The van der Waals surface area contributed by atoms with Crippen molar-refractivity contribution in [2.45, 2.75) is 12.6 Å². The second-order valence-electron chi connectivity index (χ2n) is 6.07. The lowest BCUT2D eigenvalue weighted by Gasteiger charge is -2.25. The molecule has 0 saturated carbocycles. The van der Waals surface area contributed by atoms with Gasteiger partial charge in [0.25, 0.3) is 5.91 Å². The van der Waals surface area contributed by atoms with Crippen LogP contribution in [0.5, 0.6) is 11.5 Å². The number of benzene rings is 1. The number of nitrogens with one attached hydrogen (secondary N) is 1. The molecule has 1 aliphatic heterocycles. The van der Waals surface area contributed by atoms with E-state index < -0.39 is 6.10 Å². The van der Waals surface area contributed by atoms with Gasteiger partial charge in [0.15, 0.2) is 11.5 Å². The molecule has 1 aliphatic rings. The number of aromatic nitrogens is 3. The van der Waals surface area contributed by atoms with Gasteiger partial charge in [-0.3, -0.25) is 14.5 Å². The molecule has 1 amide bonds. The van der Waals surface area contributed by atoms with Gasteiger partial charge >= 0.3 is 0 Å². The van der Waals surface area contributed by atoms with Crippen LogP contribution < -0.4 is 14.8 Å². The summed E-state index contributed by atoms with van der Waals surface area (Å²) in [6, 6.07) is 9.30. The third-order valence-corrected chi connectivity index (χ3v) is 4.10. The molecule has 0 spiro atoms. The number of pyridine rings is 1. The van der Waals surface area contributed by atoms with Gasteiger partial charge in [0, 0.05) is 43.3 Å². The van der Waals surface area contributed by atoms with E-state index in [1.165, 1.54) is 0 Å². The summed E-state index contributed by atoms with van der Waals surface area (Å²) in [5, 5.41) is 7.04. The Morgan fingerprint density at radius 2 is 2.08 bits per heavy atom. The summed E-state index contributed by atoms with van der Waals surface area (Å²) in [4.78, 5) is 16.6. The Hall–Kier alpha value is -3.35. The Morgan fingerprint density at radius 1 is 1.23 bits per heavy atom. The minimum absolute atomic E-state index is 0.191. The highest BCUT2D eigenvalue weighted by atomic mass is 16.6. The van der Waals surface area contributed by atoms with E-state index in [1.54, 1.807) is 29.3 Å². The summed E-state index contributed by atoms with van der Waals surface area (Å²) in [5.74, 6) is 1.02. The molecule has 132 valence electrons. The minimum Gasteiger partial charge on any atom is -0.485 e. The van der Waals surface area contributed by atoms with Crippen LogP contribution in [0.4, 0.5) is 0 Å². The number of aryl methyl sites for hydroxylation is 1. The zero-order chi connectivity index (χ0) is 17.9. The van der Waals surface area contributed by atoms with Crippen LogP contribution in [-0.4, -0.2) is 33.4 Å². The molecule has 0 bridgehead atoms. The third-order valence-electron chi connectivity index (χ3n) is 4.10. The van der Waals surface area contributed by atoms with Gasteiger partial charge in [0.1, 0.15) is 6.61 Å². The average Bonchev–Trinajstić information content (AvgIpc) is 3.12. The first-order valence-electron chi connectivity index (χ1n) is 8.28. The number of fused-ring (bicyclic) bond motifs is 1. The second kappa shape index (κ2) is 6.87. The lowest BCUT2D eigenvalue weighted by molar-refractivity contribution is -0.130. The van der Waals surface area contributed by atoms with Crippen molar-refractivity contribution in [1.29, 1.82) is 0 Å². The summed E-state index contributed by atoms with van der Waals surface area (Å²) in [6.45, 7) is 0.554. The van der Waals surface area contributed by atoms with Gasteiger partial charge in [-0.1, -0.05) is 12.1 Å². The van der Waals surface area contributed by atoms with Crippen molar-refractivity contribution >= 4 is 5.91 Å². The Labute approximate surface area is 150 Å². The normalized spacial score (nSPS) is 15.5. The molecule has 2 aromatic heterocycles. The van der Waals surface area contributed by atoms with Crippen LogP contribution in [-0.2, 0) is 18.4 Å². The Balaban J connectivity index is 1.39. The lowest BCUT2D eigenvalue weighted by atomic mass is 10.1. The van der Waals surface area contributed by atoms with E-state index >= 15 is 0 Å². The largest absolute Gasteiger partial charge is 0.485 e. The van der Waals surface area contributed by atoms with Crippen molar-refractivity contribution in [2.24, 2.45) is 7.05 Å². The second-order valence-corrected chi connectivity index (χ2v) is 6.07. The van der Waals surface area contributed by atoms with Crippen molar-refractivity contribution in [3.05, 3.63) is 60.7 Å². The van der Waals surface area contributed by atoms with Crippen molar-refractivity contribution in [2.75, 3.05) is 6.61 Å². The number of nitrogens with zero attached hydrogens (tertiary/aromatic N) is 3. The smallest absolute Gasteiger partial charge is 0.264 e. The van der Waals surface area contributed by atoms with Crippen LogP contribution in [0.1, 0.15) is 5.56 Å². The zero-order valence-electron chi connectivity index (χ0n) is 14.3. The summed E-state index contributed by atoms with van der Waals surface area (Å²) in [6.07, 6.45) is 6.54. The van der Waals surface area contributed by atoms with E-state index in [4.69, 9.17) is 9.47 Å². The molecular formula is C19H18N4O3. The molecule has 0 aliphatic carbocycles. The van der Waals surface area contributed by atoms with Crippen LogP contribution in [0.15, 0.2) is 55.1 Å². The predicted molar refractivity (Wildman–Crippen MR) is 94.6 cm³/mol. The lowest BCUT2D eigenvalue weighted by Crippen LogP contribution is -2.43. The molecule has 1 aromatic carbocycles. The average molecular weight is 350 g/mol. The van der Waals surface area contributed by atoms with Crippen LogP contribution in [0.25, 0.3) is 11.1 Å². The molecule has 1 atom stereocenters. The van der Waals surface area contributed by atoms with E-state index in [-0.39, 0.29) is 12.5 Å². The molecule has 7 nitrogen and oxygen atoms in total. The number of carbonyl (C=O) groups is 1. The van der Waals surface area contributed by atoms with Crippen molar-refractivity contribution in [3.8, 4) is 22.6 Å². The number of rotatable bonds is 4. The van der Waals surface area contributed by atoms with Crippen LogP contribution in [0, 0.1) is 0 Å². The highest BCUT2D eigenvalue weighted by Gasteiger charge is 2.26. The first kappa shape index (κ1) is 16.1. The molecule has 0 fully saturated rings. The Bertz CT molecular complexity index is 938. The Morgan fingerprint density at radius 3 is 2.88 bits per heavy atom. The molecule has 3 aromatic rings. The standard InChI is InChI=1S/C19H18N4O3/c1-23-11-15(10-22-23)14-6-13(7-20-9-14)8-21-19(24)18-12-25-16-4-2-3-5-17(16)26-18/h2-7,9-11,18H,8,12H2,1H3,(H,21,24). The van der Waals surface area contributed by atoms with Gasteiger partial charge in [0.2, 0.25) is 6.10 Å². The van der Waals surface area contributed by atoms with Crippen LogP contribution >= 0.6 is 0 Å². The summed E-state index contributed by atoms with van der Waals surface area (Å²) < 4.78 is 13.0. The molecular weight excluding hydrogens is 332 g/mol. The maximum atomic E-state index is 12.4. The fraction of sp³-hybridized carbons (Fsp3) is 0.211. The molecule has 1 N–H and O–H groups in total. The molecule has 7 heteroatoms. The fourth-order valence-corrected chi connectivity index (χ4v) is 2.76. The summed E-state index contributed by atoms with van der Waals surface area (Å²) >= 11 is 0. The first-order chi connectivity index (χ1) is 12.7. The van der Waals surface area contributed by atoms with Gasteiger partial charge in [-0.25, -0.2) is 0 Å². The maximum absolute atomic E-state index is 12.4. The van der Waals surface area contributed by atoms with Gasteiger partial charge < -0.3 is 14.8 Å². The van der Waals surface area contributed by atoms with Gasteiger partial charge in [-0.05, 0) is 23.8 Å². The van der Waals surface area contributed by atoms with Crippen LogP contribution in [0.2, 0.25) is 0 Å². The molecule has 1 unspecified atom stereocenters. The van der Waals surface area contributed by atoms with E-state index in [2.05, 4.69) is 15.4 Å². The number of hydrogen-bond acceptors (Lipinski definition) is 5. The van der Waals surface area contributed by atoms with Gasteiger partial charge in [0.05, 0.1) is 6.20 Å². The molecule has 0 saturated heterocycles. The predicted octanol–water partition coefficient (Wildman–Crippen LogP) is 1.94. The van der Waals surface area contributed by atoms with E-state index in [0.717, 1.165) is 16.7 Å². The van der Waals surface area contributed by atoms with E-state index in [0.29, 0.717) is 18.0 Å². The topological polar surface area (TPSA) is 78.3 Å². The minimum atomic E-state index is -0.667. The number of carbonyl (C=O) groups excluding carboxylic acids is 1. The third kappa shape index (κ3) is 3.37.